The van der Waals surface area contributed by atoms with Crippen molar-refractivity contribution in [2.75, 3.05) is 0 Å². The van der Waals surface area contributed by atoms with Crippen LogP contribution in [0.25, 0.3) is 0 Å². The summed E-state index contributed by atoms with van der Waals surface area (Å²) in [5, 5.41) is 12.2. The van der Waals surface area contributed by atoms with E-state index in [0.29, 0.717) is 23.4 Å². The average Bonchev–Trinajstić information content (AvgIpc) is 2.64. The summed E-state index contributed by atoms with van der Waals surface area (Å²) in [5.41, 5.74) is 1.14. The van der Waals surface area contributed by atoms with Gasteiger partial charge in [0.15, 0.2) is 0 Å². The second-order valence-corrected chi connectivity index (χ2v) is 5.88. The molecule has 1 saturated carbocycles. The molecule has 2 rings (SSSR count). The first-order chi connectivity index (χ1) is 9.05. The summed E-state index contributed by atoms with van der Waals surface area (Å²) in [4.78, 5) is 28.3. The van der Waals surface area contributed by atoms with Crippen molar-refractivity contribution < 1.29 is 14.7 Å². The van der Waals surface area contributed by atoms with E-state index in [2.05, 4.69) is 10.3 Å². The summed E-state index contributed by atoms with van der Waals surface area (Å²) in [6, 6.07) is 0. The van der Waals surface area contributed by atoms with Crippen molar-refractivity contribution in [1.82, 2.24) is 10.3 Å². The average molecular weight is 282 g/mol. The molecule has 1 aromatic heterocycles. The van der Waals surface area contributed by atoms with Crippen LogP contribution >= 0.6 is 11.3 Å². The maximum Gasteiger partial charge on any atom is 0.329 e. The maximum absolute atomic E-state index is 12.2. The van der Waals surface area contributed by atoms with Gasteiger partial charge in [-0.05, 0) is 19.8 Å². The number of aromatic nitrogens is 1. The van der Waals surface area contributed by atoms with Gasteiger partial charge in [0.1, 0.15) is 10.4 Å². The molecule has 1 aromatic rings. The molecule has 104 valence electrons. The molecular formula is C13H18N2O3S. The summed E-state index contributed by atoms with van der Waals surface area (Å²) < 4.78 is 0. The molecule has 0 aliphatic heterocycles. The van der Waals surface area contributed by atoms with Gasteiger partial charge in [-0.15, -0.1) is 11.3 Å². The lowest BCUT2D eigenvalue weighted by Crippen LogP contribution is -2.54. The fourth-order valence-corrected chi connectivity index (χ4v) is 3.22. The Labute approximate surface area is 116 Å². The van der Waals surface area contributed by atoms with E-state index in [4.69, 9.17) is 0 Å². The van der Waals surface area contributed by atoms with Crippen molar-refractivity contribution in [3.63, 3.8) is 0 Å². The lowest BCUT2D eigenvalue weighted by molar-refractivity contribution is -0.145. The zero-order valence-electron chi connectivity index (χ0n) is 10.9. The first-order valence-electron chi connectivity index (χ1n) is 6.51. The fraction of sp³-hybridized carbons (Fsp3) is 0.615. The summed E-state index contributed by atoms with van der Waals surface area (Å²) in [5.74, 6) is -1.24. The molecule has 0 radical (unpaired) electrons. The summed E-state index contributed by atoms with van der Waals surface area (Å²) >= 11 is 1.25. The number of aliphatic carboxylic acids is 1. The van der Waals surface area contributed by atoms with Crippen molar-refractivity contribution in [3.8, 4) is 0 Å². The molecular weight excluding hydrogens is 264 g/mol. The fourth-order valence-electron chi connectivity index (χ4n) is 2.52. The summed E-state index contributed by atoms with van der Waals surface area (Å²) in [7, 11) is 0. The van der Waals surface area contributed by atoms with Crippen LogP contribution in [0.15, 0.2) is 5.51 Å². The predicted molar refractivity (Wildman–Crippen MR) is 72.4 cm³/mol. The first-order valence-corrected chi connectivity index (χ1v) is 7.39. The third kappa shape index (κ3) is 2.94. The number of nitrogens with one attached hydrogen (secondary N) is 1. The Bertz CT molecular complexity index is 476. The van der Waals surface area contributed by atoms with Gasteiger partial charge in [0.05, 0.1) is 11.2 Å². The molecule has 1 heterocycles. The monoisotopic (exact) mass is 282 g/mol. The minimum absolute atomic E-state index is 0.315. The Morgan fingerprint density at radius 3 is 2.42 bits per heavy atom. The van der Waals surface area contributed by atoms with Crippen LogP contribution in [0.2, 0.25) is 0 Å². The molecule has 5 nitrogen and oxygen atoms in total. The van der Waals surface area contributed by atoms with Crippen LogP contribution in [0.4, 0.5) is 0 Å². The van der Waals surface area contributed by atoms with E-state index >= 15 is 0 Å². The number of amides is 1. The third-order valence-electron chi connectivity index (χ3n) is 3.67. The van der Waals surface area contributed by atoms with E-state index in [1.54, 1.807) is 12.4 Å². The van der Waals surface area contributed by atoms with Gasteiger partial charge < -0.3 is 10.4 Å². The maximum atomic E-state index is 12.2. The van der Waals surface area contributed by atoms with E-state index in [0.717, 1.165) is 25.7 Å². The summed E-state index contributed by atoms with van der Waals surface area (Å²) in [6.45, 7) is 1.76. The number of carbonyl (C=O) groups excluding carboxylic acids is 1. The molecule has 0 saturated heterocycles. The Balaban J connectivity index is 2.19. The molecule has 1 fully saturated rings. The lowest BCUT2D eigenvalue weighted by Gasteiger charge is -2.29. The molecule has 2 N–H and O–H groups in total. The highest BCUT2D eigenvalue weighted by molar-refractivity contribution is 7.11. The number of carboxylic acid groups (broad SMARTS) is 1. The minimum Gasteiger partial charge on any atom is -0.480 e. The van der Waals surface area contributed by atoms with Gasteiger partial charge in [-0.1, -0.05) is 25.7 Å². The van der Waals surface area contributed by atoms with Crippen LogP contribution in [-0.4, -0.2) is 27.5 Å². The quantitative estimate of drug-likeness (QED) is 0.834. The molecule has 0 atom stereocenters. The van der Waals surface area contributed by atoms with Crippen molar-refractivity contribution in [3.05, 3.63) is 16.1 Å². The number of carboxylic acids is 1. The van der Waals surface area contributed by atoms with Crippen molar-refractivity contribution in [2.45, 2.75) is 51.0 Å². The predicted octanol–water partition coefficient (Wildman–Crippen LogP) is 2.36. The van der Waals surface area contributed by atoms with E-state index in [1.807, 2.05) is 0 Å². The largest absolute Gasteiger partial charge is 0.480 e. The Hall–Kier alpha value is -1.43. The van der Waals surface area contributed by atoms with Crippen LogP contribution < -0.4 is 5.32 Å². The molecule has 1 aliphatic carbocycles. The second-order valence-electron chi connectivity index (χ2n) is 5.02. The molecule has 0 unspecified atom stereocenters. The van der Waals surface area contributed by atoms with E-state index in [9.17, 15) is 14.7 Å². The number of carbonyl (C=O) groups is 2. The number of hydrogen-bond donors (Lipinski definition) is 2. The molecule has 19 heavy (non-hydrogen) atoms. The highest BCUT2D eigenvalue weighted by atomic mass is 32.1. The molecule has 0 bridgehead atoms. The third-order valence-corrected chi connectivity index (χ3v) is 4.60. The number of thiazole rings is 1. The van der Waals surface area contributed by atoms with Crippen molar-refractivity contribution >= 4 is 23.2 Å². The Kier molecular flexibility index (Phi) is 4.19. The second kappa shape index (κ2) is 5.69. The molecule has 1 aliphatic rings. The SMILES string of the molecule is Cc1ncsc1C(=O)NC1(C(=O)O)CCCCCC1. The normalized spacial score (nSPS) is 18.6. The number of nitrogens with zero attached hydrogens (tertiary/aromatic N) is 1. The van der Waals surface area contributed by atoms with Gasteiger partial charge >= 0.3 is 5.97 Å². The van der Waals surface area contributed by atoms with E-state index < -0.39 is 11.5 Å². The topological polar surface area (TPSA) is 79.3 Å². The van der Waals surface area contributed by atoms with E-state index in [-0.39, 0.29) is 5.91 Å². The zero-order chi connectivity index (χ0) is 13.9. The summed E-state index contributed by atoms with van der Waals surface area (Å²) in [6.07, 6.45) is 4.76. The van der Waals surface area contributed by atoms with Gasteiger partial charge in [-0.25, -0.2) is 9.78 Å². The standard InChI is InChI=1S/C13H18N2O3S/c1-9-10(19-8-14-9)11(16)15-13(12(17)18)6-4-2-3-5-7-13/h8H,2-7H2,1H3,(H,15,16)(H,17,18). The van der Waals surface area contributed by atoms with Crippen LogP contribution in [0, 0.1) is 6.92 Å². The van der Waals surface area contributed by atoms with Gasteiger partial charge in [-0.3, -0.25) is 4.79 Å². The molecule has 0 spiro atoms. The molecule has 6 heteroatoms. The van der Waals surface area contributed by atoms with E-state index in [1.165, 1.54) is 11.3 Å². The van der Waals surface area contributed by atoms with Crippen molar-refractivity contribution in [1.29, 1.82) is 0 Å². The van der Waals surface area contributed by atoms with Crippen LogP contribution in [0.5, 0.6) is 0 Å². The van der Waals surface area contributed by atoms with Gasteiger partial charge in [0, 0.05) is 0 Å². The Morgan fingerprint density at radius 1 is 1.32 bits per heavy atom. The zero-order valence-corrected chi connectivity index (χ0v) is 11.8. The van der Waals surface area contributed by atoms with Gasteiger partial charge in [0.2, 0.25) is 0 Å². The molecule has 1 amide bonds. The minimum atomic E-state index is -1.11. The first kappa shape index (κ1) is 14.0. The van der Waals surface area contributed by atoms with Gasteiger partial charge in [-0.2, -0.15) is 0 Å². The lowest BCUT2D eigenvalue weighted by atomic mass is 9.90. The molecule has 0 aromatic carbocycles. The smallest absolute Gasteiger partial charge is 0.329 e. The van der Waals surface area contributed by atoms with Crippen molar-refractivity contribution in [2.24, 2.45) is 0 Å². The van der Waals surface area contributed by atoms with Crippen LogP contribution in [0.1, 0.15) is 53.9 Å². The number of rotatable bonds is 3. The highest BCUT2D eigenvalue weighted by Gasteiger charge is 2.40. The highest BCUT2D eigenvalue weighted by Crippen LogP contribution is 2.28. The van der Waals surface area contributed by atoms with Crippen LogP contribution in [0.3, 0.4) is 0 Å². The van der Waals surface area contributed by atoms with Crippen LogP contribution in [-0.2, 0) is 4.79 Å². The number of aryl methyl sites for hydroxylation is 1. The Morgan fingerprint density at radius 2 is 1.95 bits per heavy atom. The van der Waals surface area contributed by atoms with Gasteiger partial charge in [0.25, 0.3) is 5.91 Å². The number of hydrogen-bond acceptors (Lipinski definition) is 4.